The van der Waals surface area contributed by atoms with Crippen molar-refractivity contribution in [1.82, 2.24) is 0 Å². The molecule has 5 rings (SSSR count). The van der Waals surface area contributed by atoms with Gasteiger partial charge in [-0.15, -0.1) is 0 Å². The van der Waals surface area contributed by atoms with Crippen molar-refractivity contribution in [3.05, 3.63) is 125 Å². The van der Waals surface area contributed by atoms with Crippen molar-refractivity contribution in [2.24, 2.45) is 0 Å². The summed E-state index contributed by atoms with van der Waals surface area (Å²) in [5, 5.41) is 3.35. The normalized spacial score (nSPS) is 16.2. The Kier molecular flexibility index (Phi) is 7.69. The van der Waals surface area contributed by atoms with E-state index in [9.17, 15) is 18.0 Å². The van der Waals surface area contributed by atoms with Crippen LogP contribution in [0, 0.1) is 0 Å². The molecule has 0 aromatic heterocycles. The average molecular weight is 548 g/mol. The van der Waals surface area contributed by atoms with E-state index >= 15 is 0 Å². The second-order valence-corrected chi connectivity index (χ2v) is 9.55. The van der Waals surface area contributed by atoms with Crippen LogP contribution in [0.2, 0.25) is 0 Å². The molecular formula is C32H28F3NO4. The van der Waals surface area contributed by atoms with Gasteiger partial charge in [-0.25, -0.2) is 0 Å². The number of carbonyl (C=O) groups is 1. The van der Waals surface area contributed by atoms with Crippen LogP contribution in [-0.4, -0.2) is 13.1 Å². The van der Waals surface area contributed by atoms with E-state index in [0.717, 1.165) is 16.7 Å². The van der Waals surface area contributed by atoms with Crippen molar-refractivity contribution >= 4 is 11.7 Å². The number of methoxy groups -OCH3 is 1. The molecule has 0 heterocycles. The molecule has 1 N–H and O–H groups in total. The topological polar surface area (TPSA) is 56.8 Å². The zero-order valence-corrected chi connectivity index (χ0v) is 21.8. The predicted molar refractivity (Wildman–Crippen MR) is 145 cm³/mol. The fourth-order valence-corrected chi connectivity index (χ4v) is 5.05. The standard InChI is InChI=1S/C32H28F3NO4/c1-38-28-13-7-11-24(30(28)32(33,34)35)20-29(37)40-31(19-18-23-10-5-6-12-27(23)31)36-25-14-16-26(17-15-25)39-21-22-8-3-2-4-9-22/h2-17,36H,18-21H2,1H3. The minimum Gasteiger partial charge on any atom is -0.496 e. The average Bonchev–Trinajstić information content (AvgIpc) is 3.30. The SMILES string of the molecule is COc1cccc(CC(=O)OC2(Nc3ccc(OCc4ccccc4)cc3)CCc3ccccc32)c1C(F)(F)F. The summed E-state index contributed by atoms with van der Waals surface area (Å²) in [5.74, 6) is -0.456. The number of ether oxygens (including phenoxy) is 3. The first kappa shape index (κ1) is 27.1. The third kappa shape index (κ3) is 5.91. The molecule has 206 valence electrons. The second-order valence-electron chi connectivity index (χ2n) is 9.55. The lowest BCUT2D eigenvalue weighted by Crippen LogP contribution is -2.39. The molecular weight excluding hydrogens is 519 g/mol. The number of anilines is 1. The monoisotopic (exact) mass is 547 g/mol. The third-order valence-corrected chi connectivity index (χ3v) is 6.89. The number of benzene rings is 4. The lowest BCUT2D eigenvalue weighted by Gasteiger charge is -2.32. The largest absolute Gasteiger partial charge is 0.496 e. The molecule has 0 saturated heterocycles. The molecule has 0 amide bonds. The van der Waals surface area contributed by atoms with Crippen molar-refractivity contribution < 1.29 is 32.2 Å². The van der Waals surface area contributed by atoms with Gasteiger partial charge >= 0.3 is 12.1 Å². The van der Waals surface area contributed by atoms with Gasteiger partial charge in [0.2, 0.25) is 5.72 Å². The second kappa shape index (κ2) is 11.3. The molecule has 0 bridgehead atoms. The fourth-order valence-electron chi connectivity index (χ4n) is 5.05. The molecule has 1 atom stereocenters. The third-order valence-electron chi connectivity index (χ3n) is 6.89. The summed E-state index contributed by atoms with van der Waals surface area (Å²) in [7, 11) is 1.17. The number of esters is 1. The first-order chi connectivity index (χ1) is 19.3. The number of rotatable bonds is 9. The summed E-state index contributed by atoms with van der Waals surface area (Å²) in [4.78, 5) is 13.2. The van der Waals surface area contributed by atoms with E-state index in [1.807, 2.05) is 78.9 Å². The first-order valence-electron chi connectivity index (χ1n) is 12.9. The number of hydrogen-bond donors (Lipinski definition) is 1. The molecule has 40 heavy (non-hydrogen) atoms. The zero-order valence-electron chi connectivity index (χ0n) is 21.8. The van der Waals surface area contributed by atoms with E-state index in [1.165, 1.54) is 25.3 Å². The molecule has 0 aliphatic heterocycles. The van der Waals surface area contributed by atoms with Gasteiger partial charge in [0, 0.05) is 17.7 Å². The zero-order chi connectivity index (χ0) is 28.2. The Labute approximate surface area is 230 Å². The maximum Gasteiger partial charge on any atom is 0.420 e. The van der Waals surface area contributed by atoms with E-state index in [1.54, 1.807) is 0 Å². The lowest BCUT2D eigenvalue weighted by molar-refractivity contribution is -0.157. The maximum absolute atomic E-state index is 13.8. The Hall–Kier alpha value is -4.46. The Morgan fingerprint density at radius 2 is 1.62 bits per heavy atom. The van der Waals surface area contributed by atoms with Crippen LogP contribution in [0.25, 0.3) is 0 Å². The van der Waals surface area contributed by atoms with Gasteiger partial charge in [0.05, 0.1) is 13.5 Å². The molecule has 0 spiro atoms. The van der Waals surface area contributed by atoms with E-state index in [2.05, 4.69) is 5.32 Å². The quantitative estimate of drug-likeness (QED) is 0.176. The molecule has 1 aliphatic rings. The van der Waals surface area contributed by atoms with Gasteiger partial charge in [-0.2, -0.15) is 13.2 Å². The van der Waals surface area contributed by atoms with Crippen LogP contribution in [0.5, 0.6) is 11.5 Å². The molecule has 1 unspecified atom stereocenters. The van der Waals surface area contributed by atoms with Crippen molar-refractivity contribution in [2.75, 3.05) is 12.4 Å². The molecule has 5 nitrogen and oxygen atoms in total. The Morgan fingerprint density at radius 3 is 2.35 bits per heavy atom. The highest BCUT2D eigenvalue weighted by Gasteiger charge is 2.43. The number of nitrogens with one attached hydrogen (secondary N) is 1. The molecule has 1 aliphatic carbocycles. The van der Waals surface area contributed by atoms with Crippen LogP contribution in [0.3, 0.4) is 0 Å². The summed E-state index contributed by atoms with van der Waals surface area (Å²) in [6.45, 7) is 0.423. The molecule has 4 aromatic carbocycles. The first-order valence-corrected chi connectivity index (χ1v) is 12.9. The molecule has 8 heteroatoms. The lowest BCUT2D eigenvalue weighted by atomic mass is 10.0. The van der Waals surface area contributed by atoms with E-state index in [-0.39, 0.29) is 11.3 Å². The van der Waals surface area contributed by atoms with Gasteiger partial charge in [-0.1, -0.05) is 66.7 Å². The van der Waals surface area contributed by atoms with Crippen molar-refractivity contribution in [3.8, 4) is 11.5 Å². The van der Waals surface area contributed by atoms with Crippen LogP contribution in [0.1, 0.15) is 34.2 Å². The maximum atomic E-state index is 13.8. The molecule has 0 saturated carbocycles. The summed E-state index contributed by atoms with van der Waals surface area (Å²) in [6.07, 6.45) is -4.19. The number of alkyl halides is 3. The van der Waals surface area contributed by atoms with Gasteiger partial charge in [-0.05, 0) is 53.4 Å². The summed E-state index contributed by atoms with van der Waals surface area (Å²) in [6, 6.07) is 28.6. The smallest absolute Gasteiger partial charge is 0.420 e. The Morgan fingerprint density at radius 1 is 0.900 bits per heavy atom. The summed E-state index contributed by atoms with van der Waals surface area (Å²) in [5.41, 5.74) is 1.07. The minimum absolute atomic E-state index is 0.210. The van der Waals surface area contributed by atoms with Crippen molar-refractivity contribution in [3.63, 3.8) is 0 Å². The summed E-state index contributed by atoms with van der Waals surface area (Å²) >= 11 is 0. The van der Waals surface area contributed by atoms with Crippen LogP contribution in [0.15, 0.2) is 97.1 Å². The highest BCUT2D eigenvalue weighted by atomic mass is 19.4. The van der Waals surface area contributed by atoms with Crippen molar-refractivity contribution in [1.29, 1.82) is 0 Å². The molecule has 4 aromatic rings. The molecule has 0 radical (unpaired) electrons. The van der Waals surface area contributed by atoms with Crippen LogP contribution in [0.4, 0.5) is 18.9 Å². The number of carbonyl (C=O) groups excluding carboxylic acids is 1. The van der Waals surface area contributed by atoms with Crippen LogP contribution >= 0.6 is 0 Å². The van der Waals surface area contributed by atoms with E-state index < -0.39 is 29.9 Å². The fraction of sp³-hybridized carbons (Fsp3) is 0.219. The van der Waals surface area contributed by atoms with Gasteiger partial charge < -0.3 is 19.5 Å². The Bertz CT molecular complexity index is 1470. The number of hydrogen-bond acceptors (Lipinski definition) is 5. The Balaban J connectivity index is 1.37. The van der Waals surface area contributed by atoms with Crippen LogP contribution < -0.4 is 14.8 Å². The summed E-state index contributed by atoms with van der Waals surface area (Å²) < 4.78 is 58.3. The number of fused-ring (bicyclic) bond motifs is 1. The predicted octanol–water partition coefficient (Wildman–Crippen LogP) is 7.29. The van der Waals surface area contributed by atoms with Gasteiger partial charge in [0.1, 0.15) is 23.7 Å². The van der Waals surface area contributed by atoms with Gasteiger partial charge in [0.25, 0.3) is 0 Å². The van der Waals surface area contributed by atoms with E-state index in [0.29, 0.717) is 30.9 Å². The molecule has 0 fully saturated rings. The van der Waals surface area contributed by atoms with Gasteiger partial charge in [0.15, 0.2) is 0 Å². The minimum atomic E-state index is -4.69. The number of halogens is 3. The van der Waals surface area contributed by atoms with Gasteiger partial charge in [-0.3, -0.25) is 4.79 Å². The van der Waals surface area contributed by atoms with Crippen molar-refractivity contribution in [2.45, 2.75) is 37.8 Å². The highest BCUT2D eigenvalue weighted by Crippen LogP contribution is 2.42. The number of aryl methyl sites for hydroxylation is 1. The highest BCUT2D eigenvalue weighted by molar-refractivity contribution is 5.75. The van der Waals surface area contributed by atoms with Crippen LogP contribution in [-0.2, 0) is 40.9 Å². The van der Waals surface area contributed by atoms with E-state index in [4.69, 9.17) is 14.2 Å².